The van der Waals surface area contributed by atoms with Gasteiger partial charge in [0.1, 0.15) is 5.69 Å². The molecule has 0 aliphatic carbocycles. The molecule has 4 rings (SSSR count). The molecule has 192 valence electrons. The van der Waals surface area contributed by atoms with Crippen LogP contribution in [-0.4, -0.2) is 50.9 Å². The fourth-order valence-corrected chi connectivity index (χ4v) is 6.78. The molecule has 1 aliphatic heterocycles. The van der Waals surface area contributed by atoms with Crippen molar-refractivity contribution in [2.24, 2.45) is 0 Å². The van der Waals surface area contributed by atoms with Crippen molar-refractivity contribution in [2.45, 2.75) is 37.1 Å². The maximum absolute atomic E-state index is 13.0. The lowest BCUT2D eigenvalue weighted by Crippen LogP contribution is -2.37. The molecule has 8 nitrogen and oxygen atoms in total. The summed E-state index contributed by atoms with van der Waals surface area (Å²) < 4.78 is 38.1. The van der Waals surface area contributed by atoms with Gasteiger partial charge in [0.25, 0.3) is 5.91 Å². The van der Waals surface area contributed by atoms with Gasteiger partial charge in [0.2, 0.25) is 10.0 Å². The molecule has 1 aromatic heterocycles. The number of amides is 1. The van der Waals surface area contributed by atoms with Crippen LogP contribution in [0, 0.1) is 6.92 Å². The second kappa shape index (κ2) is 11.2. The van der Waals surface area contributed by atoms with Gasteiger partial charge in [-0.15, -0.1) is 11.3 Å². The van der Waals surface area contributed by atoms with E-state index in [1.165, 1.54) is 21.7 Å². The van der Waals surface area contributed by atoms with Crippen LogP contribution in [0.4, 0.5) is 0 Å². The minimum absolute atomic E-state index is 0.107. The number of thiazole rings is 1. The summed E-state index contributed by atoms with van der Waals surface area (Å²) in [6, 6.07) is 10.3. The van der Waals surface area contributed by atoms with Gasteiger partial charge in [-0.3, -0.25) is 4.79 Å². The SMILES string of the molecule is COc1ccc(CNC(=O)c2csc(C3CCN(S(=O)(=O)c4ccc(C)c(Cl)c4)CC3)n2)cc1OC. The van der Waals surface area contributed by atoms with E-state index < -0.39 is 10.0 Å². The van der Waals surface area contributed by atoms with Gasteiger partial charge in [-0.2, -0.15) is 4.31 Å². The molecule has 0 saturated carbocycles. The predicted octanol–water partition coefficient (Wildman–Crippen LogP) is 4.62. The third-order valence-corrected chi connectivity index (χ3v) is 9.55. The largest absolute Gasteiger partial charge is 0.493 e. The summed E-state index contributed by atoms with van der Waals surface area (Å²) in [4.78, 5) is 17.4. The number of ether oxygens (including phenoxy) is 2. The molecule has 3 aromatic rings. The van der Waals surface area contributed by atoms with Gasteiger partial charge >= 0.3 is 0 Å². The van der Waals surface area contributed by atoms with E-state index in [2.05, 4.69) is 10.3 Å². The fraction of sp³-hybridized carbons (Fsp3) is 0.360. The predicted molar refractivity (Wildman–Crippen MR) is 140 cm³/mol. The van der Waals surface area contributed by atoms with Gasteiger partial charge in [0.05, 0.1) is 24.1 Å². The summed E-state index contributed by atoms with van der Waals surface area (Å²) in [5.41, 5.74) is 2.07. The second-order valence-corrected chi connectivity index (χ2v) is 11.8. The minimum atomic E-state index is -3.61. The normalized spacial score (nSPS) is 15.0. The maximum atomic E-state index is 13.0. The number of carbonyl (C=O) groups excluding carboxylic acids is 1. The summed E-state index contributed by atoms with van der Waals surface area (Å²) in [6.07, 6.45) is 1.28. The van der Waals surface area contributed by atoms with Crippen molar-refractivity contribution in [3.63, 3.8) is 0 Å². The van der Waals surface area contributed by atoms with Crippen molar-refractivity contribution >= 4 is 38.9 Å². The topological polar surface area (TPSA) is 97.8 Å². The lowest BCUT2D eigenvalue weighted by molar-refractivity contribution is 0.0946. The Morgan fingerprint density at radius 2 is 1.86 bits per heavy atom. The molecule has 2 aromatic carbocycles. The molecule has 0 unspecified atom stereocenters. The Bertz CT molecular complexity index is 1350. The number of nitrogens with zero attached hydrogens (tertiary/aromatic N) is 2. The third-order valence-electron chi connectivity index (χ3n) is 6.24. The molecular weight excluding hydrogens is 522 g/mol. The van der Waals surface area contributed by atoms with Crippen LogP contribution >= 0.6 is 22.9 Å². The molecule has 11 heteroatoms. The summed E-state index contributed by atoms with van der Waals surface area (Å²) in [6.45, 7) is 2.94. The highest BCUT2D eigenvalue weighted by Gasteiger charge is 2.31. The third kappa shape index (κ3) is 5.67. The summed E-state index contributed by atoms with van der Waals surface area (Å²) in [7, 11) is -0.472. The van der Waals surface area contributed by atoms with Crippen molar-refractivity contribution in [3.05, 3.63) is 68.6 Å². The van der Waals surface area contributed by atoms with E-state index in [1.807, 2.05) is 19.1 Å². The first-order valence-corrected chi connectivity index (χ1v) is 14.1. The van der Waals surface area contributed by atoms with Gasteiger partial charge in [-0.05, 0) is 55.2 Å². The standard InChI is InChI=1S/C25H28ClN3O5S2/c1-16-4-6-19(13-20(16)26)36(31,32)29-10-8-18(9-11-29)25-28-21(15-35-25)24(30)27-14-17-5-7-22(33-2)23(12-17)34-3/h4-7,12-13,15,18H,8-11,14H2,1-3H3,(H,27,30). The Morgan fingerprint density at radius 1 is 1.14 bits per heavy atom. The van der Waals surface area contributed by atoms with Crippen LogP contribution in [0.1, 0.15) is 45.4 Å². The van der Waals surface area contributed by atoms with Crippen molar-refractivity contribution in [1.82, 2.24) is 14.6 Å². The molecule has 0 atom stereocenters. The Kier molecular flexibility index (Phi) is 8.19. The first kappa shape index (κ1) is 26.4. The van der Waals surface area contributed by atoms with Gasteiger partial charge < -0.3 is 14.8 Å². The number of sulfonamides is 1. The number of halogens is 1. The number of hydrogen-bond donors (Lipinski definition) is 1. The van der Waals surface area contributed by atoms with Crippen LogP contribution in [0.3, 0.4) is 0 Å². The maximum Gasteiger partial charge on any atom is 0.271 e. The fourth-order valence-electron chi connectivity index (χ4n) is 4.07. The monoisotopic (exact) mass is 549 g/mol. The highest BCUT2D eigenvalue weighted by molar-refractivity contribution is 7.89. The summed E-state index contributed by atoms with van der Waals surface area (Å²) in [5, 5.41) is 5.92. The molecule has 1 fully saturated rings. The number of nitrogens with one attached hydrogen (secondary N) is 1. The molecule has 1 N–H and O–H groups in total. The number of hydrogen-bond acceptors (Lipinski definition) is 7. The highest BCUT2D eigenvalue weighted by Crippen LogP contribution is 2.33. The van der Waals surface area contributed by atoms with Crippen molar-refractivity contribution in [2.75, 3.05) is 27.3 Å². The zero-order valence-corrected chi connectivity index (χ0v) is 22.7. The quantitative estimate of drug-likeness (QED) is 0.440. The molecule has 0 bridgehead atoms. The summed E-state index contributed by atoms with van der Waals surface area (Å²) in [5.74, 6) is 1.07. The van der Waals surface area contributed by atoms with Gasteiger partial charge in [-0.25, -0.2) is 13.4 Å². The van der Waals surface area contributed by atoms with Gasteiger partial charge in [0.15, 0.2) is 11.5 Å². The van der Waals surface area contributed by atoms with Gasteiger partial charge in [0, 0.05) is 36.0 Å². The van der Waals surface area contributed by atoms with E-state index in [-0.39, 0.29) is 16.7 Å². The zero-order chi connectivity index (χ0) is 25.9. The molecule has 1 amide bonds. The number of rotatable bonds is 8. The lowest BCUT2D eigenvalue weighted by Gasteiger charge is -2.30. The number of methoxy groups -OCH3 is 2. The van der Waals surface area contributed by atoms with Crippen molar-refractivity contribution in [1.29, 1.82) is 0 Å². The van der Waals surface area contributed by atoms with E-state index in [1.54, 1.807) is 37.8 Å². The smallest absolute Gasteiger partial charge is 0.271 e. The number of benzene rings is 2. The van der Waals surface area contributed by atoms with E-state index in [9.17, 15) is 13.2 Å². The number of carbonyl (C=O) groups is 1. The van der Waals surface area contributed by atoms with Crippen LogP contribution in [0.2, 0.25) is 5.02 Å². The Labute approximate surface area is 220 Å². The highest BCUT2D eigenvalue weighted by atomic mass is 35.5. The molecular formula is C25H28ClN3O5S2. The average Bonchev–Trinajstić information content (AvgIpc) is 3.39. The van der Waals surface area contributed by atoms with E-state index in [0.717, 1.165) is 16.1 Å². The van der Waals surface area contributed by atoms with Crippen molar-refractivity contribution < 1.29 is 22.7 Å². The van der Waals surface area contributed by atoms with Crippen LogP contribution < -0.4 is 14.8 Å². The Balaban J connectivity index is 1.34. The zero-order valence-electron chi connectivity index (χ0n) is 20.3. The average molecular weight is 550 g/mol. The lowest BCUT2D eigenvalue weighted by atomic mass is 9.99. The van der Waals surface area contributed by atoms with Crippen molar-refractivity contribution in [3.8, 4) is 11.5 Å². The second-order valence-electron chi connectivity index (χ2n) is 8.53. The van der Waals surface area contributed by atoms with Gasteiger partial charge in [-0.1, -0.05) is 23.7 Å². The van der Waals surface area contributed by atoms with E-state index >= 15 is 0 Å². The number of piperidine rings is 1. The van der Waals surface area contributed by atoms with Crippen LogP contribution in [0.25, 0.3) is 0 Å². The first-order valence-electron chi connectivity index (χ1n) is 11.4. The molecule has 1 aliphatic rings. The Hall–Kier alpha value is -2.66. The number of aryl methyl sites for hydroxylation is 1. The van der Waals surface area contributed by atoms with Crippen LogP contribution in [-0.2, 0) is 16.6 Å². The molecule has 0 radical (unpaired) electrons. The molecule has 0 spiro atoms. The Morgan fingerprint density at radius 3 is 2.53 bits per heavy atom. The van der Waals surface area contributed by atoms with Crippen LogP contribution in [0.15, 0.2) is 46.7 Å². The molecule has 1 saturated heterocycles. The van der Waals surface area contributed by atoms with E-state index in [0.29, 0.717) is 54.7 Å². The van der Waals surface area contributed by atoms with E-state index in [4.69, 9.17) is 21.1 Å². The number of aromatic nitrogens is 1. The summed E-state index contributed by atoms with van der Waals surface area (Å²) >= 11 is 7.57. The van der Waals surface area contributed by atoms with Crippen LogP contribution in [0.5, 0.6) is 11.5 Å². The minimum Gasteiger partial charge on any atom is -0.493 e. The first-order chi connectivity index (χ1) is 17.2. The molecule has 36 heavy (non-hydrogen) atoms. The molecule has 2 heterocycles.